The average Bonchev–Trinajstić information content (AvgIpc) is 2.38. The van der Waals surface area contributed by atoms with Crippen LogP contribution >= 0.6 is 35.0 Å². The minimum atomic E-state index is -0.0524. The molecular weight excluding hydrogens is 313 g/mol. The Balaban J connectivity index is 2.10. The number of carbonyl (C=O) groups is 1. The third-order valence-corrected chi connectivity index (χ3v) is 4.13. The van der Waals surface area contributed by atoms with Crippen LogP contribution in [0, 0.1) is 13.8 Å². The van der Waals surface area contributed by atoms with Gasteiger partial charge in [0.05, 0.1) is 15.8 Å². The maximum atomic E-state index is 12.2. The zero-order valence-corrected chi connectivity index (χ0v) is 13.4. The summed E-state index contributed by atoms with van der Waals surface area (Å²) in [5.41, 5.74) is 2.53. The van der Waals surface area contributed by atoms with Crippen LogP contribution < -0.4 is 0 Å². The Hall–Kier alpha value is -1.03. The van der Waals surface area contributed by atoms with E-state index in [4.69, 9.17) is 23.2 Å². The number of rotatable bonds is 4. The Labute approximate surface area is 132 Å². The first-order valence-corrected chi connectivity index (χ1v) is 7.76. The van der Waals surface area contributed by atoms with E-state index in [-0.39, 0.29) is 11.5 Å². The number of hydrogen-bond donors (Lipinski definition) is 0. The Morgan fingerprint density at radius 2 is 1.95 bits per heavy atom. The third-order valence-electron chi connectivity index (χ3n) is 2.65. The monoisotopic (exact) mass is 325 g/mol. The molecular formula is C15H13Cl2NOS. The van der Waals surface area contributed by atoms with Crippen LogP contribution in [0.25, 0.3) is 0 Å². The number of thioether (sulfide) groups is 1. The van der Waals surface area contributed by atoms with Crippen molar-refractivity contribution in [3.05, 3.63) is 57.2 Å². The van der Waals surface area contributed by atoms with Crippen LogP contribution in [0.15, 0.2) is 35.4 Å². The highest BCUT2D eigenvalue weighted by Crippen LogP contribution is 2.24. The van der Waals surface area contributed by atoms with Crippen molar-refractivity contribution < 1.29 is 4.79 Å². The van der Waals surface area contributed by atoms with Gasteiger partial charge in [0.1, 0.15) is 0 Å². The first-order valence-electron chi connectivity index (χ1n) is 6.02. The second-order valence-electron chi connectivity index (χ2n) is 4.46. The molecule has 1 heterocycles. The number of halogens is 2. The second kappa shape index (κ2) is 6.61. The highest BCUT2D eigenvalue weighted by Gasteiger charge is 2.12. The molecule has 0 saturated carbocycles. The molecule has 0 aliphatic rings. The lowest BCUT2D eigenvalue weighted by Crippen LogP contribution is -2.03. The first-order chi connectivity index (χ1) is 9.45. The Morgan fingerprint density at radius 1 is 1.20 bits per heavy atom. The van der Waals surface area contributed by atoms with Gasteiger partial charge in [-0.3, -0.25) is 4.79 Å². The van der Waals surface area contributed by atoms with E-state index in [1.54, 1.807) is 18.2 Å². The van der Waals surface area contributed by atoms with Gasteiger partial charge in [-0.05, 0) is 49.7 Å². The van der Waals surface area contributed by atoms with Crippen LogP contribution in [0.2, 0.25) is 10.0 Å². The van der Waals surface area contributed by atoms with Crippen LogP contribution in [0.5, 0.6) is 0 Å². The molecule has 2 rings (SSSR count). The van der Waals surface area contributed by atoms with E-state index in [0.717, 1.165) is 16.3 Å². The maximum Gasteiger partial charge on any atom is 0.174 e. The number of pyridine rings is 1. The largest absolute Gasteiger partial charge is 0.293 e. The van der Waals surface area contributed by atoms with Gasteiger partial charge in [-0.1, -0.05) is 35.0 Å². The zero-order chi connectivity index (χ0) is 14.7. The van der Waals surface area contributed by atoms with Crippen LogP contribution in [0.4, 0.5) is 0 Å². The lowest BCUT2D eigenvalue weighted by atomic mass is 10.1. The van der Waals surface area contributed by atoms with Gasteiger partial charge in [0.15, 0.2) is 5.78 Å². The number of nitrogens with zero attached hydrogens (tertiary/aromatic N) is 1. The summed E-state index contributed by atoms with van der Waals surface area (Å²) in [5, 5.41) is 1.77. The van der Waals surface area contributed by atoms with Gasteiger partial charge in [0.2, 0.25) is 0 Å². The van der Waals surface area contributed by atoms with Gasteiger partial charge in [-0.25, -0.2) is 4.98 Å². The molecule has 2 aromatic rings. The third kappa shape index (κ3) is 3.98. The fraction of sp³-hybridized carbons (Fsp3) is 0.200. The summed E-state index contributed by atoms with van der Waals surface area (Å²) < 4.78 is 0. The van der Waals surface area contributed by atoms with Gasteiger partial charge in [0.25, 0.3) is 0 Å². The number of hydrogen-bond acceptors (Lipinski definition) is 3. The summed E-state index contributed by atoms with van der Waals surface area (Å²) in [6, 6.07) is 8.86. The molecule has 104 valence electrons. The van der Waals surface area contributed by atoms with Gasteiger partial charge in [-0.2, -0.15) is 0 Å². The summed E-state index contributed by atoms with van der Waals surface area (Å²) in [6.07, 6.45) is 0. The topological polar surface area (TPSA) is 30.0 Å². The number of carbonyl (C=O) groups excluding carboxylic acids is 1. The zero-order valence-electron chi connectivity index (χ0n) is 11.1. The predicted octanol–water partition coefficient (Wildman–Crippen LogP) is 4.98. The van der Waals surface area contributed by atoms with Crippen molar-refractivity contribution in [1.29, 1.82) is 0 Å². The average molecular weight is 326 g/mol. The van der Waals surface area contributed by atoms with E-state index in [1.165, 1.54) is 11.8 Å². The SMILES string of the molecule is Cc1cc(C)nc(SCC(=O)c2cc(Cl)ccc2Cl)c1. The van der Waals surface area contributed by atoms with Crippen molar-refractivity contribution in [3.8, 4) is 0 Å². The number of Topliss-reactive ketones (excluding diaryl/α,β-unsaturated/α-hetero) is 1. The molecule has 0 amide bonds. The number of benzene rings is 1. The molecule has 0 aliphatic heterocycles. The van der Waals surface area contributed by atoms with E-state index in [2.05, 4.69) is 4.98 Å². The molecule has 0 fully saturated rings. The number of ketones is 1. The lowest BCUT2D eigenvalue weighted by molar-refractivity contribution is 0.102. The van der Waals surface area contributed by atoms with Gasteiger partial charge >= 0.3 is 0 Å². The summed E-state index contributed by atoms with van der Waals surface area (Å²) in [5.74, 6) is 0.235. The van der Waals surface area contributed by atoms with E-state index in [1.807, 2.05) is 26.0 Å². The normalized spacial score (nSPS) is 10.6. The van der Waals surface area contributed by atoms with E-state index in [0.29, 0.717) is 15.6 Å². The van der Waals surface area contributed by atoms with Crippen molar-refractivity contribution in [2.75, 3.05) is 5.75 Å². The molecule has 0 aliphatic carbocycles. The smallest absolute Gasteiger partial charge is 0.174 e. The Morgan fingerprint density at radius 3 is 2.65 bits per heavy atom. The summed E-state index contributed by atoms with van der Waals surface area (Å²) in [7, 11) is 0. The summed E-state index contributed by atoms with van der Waals surface area (Å²) >= 11 is 13.3. The minimum Gasteiger partial charge on any atom is -0.293 e. The molecule has 0 bridgehead atoms. The number of aromatic nitrogens is 1. The standard InChI is InChI=1S/C15H13Cl2NOS/c1-9-5-10(2)18-15(6-9)20-8-14(19)12-7-11(16)3-4-13(12)17/h3-7H,8H2,1-2H3. The molecule has 1 aromatic carbocycles. The fourth-order valence-electron chi connectivity index (χ4n) is 1.81. The van der Waals surface area contributed by atoms with Gasteiger partial charge < -0.3 is 0 Å². The quantitative estimate of drug-likeness (QED) is 0.586. The van der Waals surface area contributed by atoms with E-state index >= 15 is 0 Å². The fourth-order valence-corrected chi connectivity index (χ4v) is 3.11. The van der Waals surface area contributed by atoms with Crippen molar-refractivity contribution in [2.24, 2.45) is 0 Å². The van der Waals surface area contributed by atoms with E-state index < -0.39 is 0 Å². The second-order valence-corrected chi connectivity index (χ2v) is 6.30. The van der Waals surface area contributed by atoms with Crippen LogP contribution in [0.3, 0.4) is 0 Å². The van der Waals surface area contributed by atoms with Crippen molar-refractivity contribution in [2.45, 2.75) is 18.9 Å². The lowest BCUT2D eigenvalue weighted by Gasteiger charge is -2.05. The molecule has 0 atom stereocenters. The predicted molar refractivity (Wildman–Crippen MR) is 85.2 cm³/mol. The molecule has 0 unspecified atom stereocenters. The van der Waals surface area contributed by atoms with Crippen molar-refractivity contribution in [1.82, 2.24) is 4.98 Å². The highest BCUT2D eigenvalue weighted by molar-refractivity contribution is 7.99. The van der Waals surface area contributed by atoms with Crippen LogP contribution in [-0.2, 0) is 0 Å². The van der Waals surface area contributed by atoms with Crippen molar-refractivity contribution >= 4 is 40.7 Å². The maximum absolute atomic E-state index is 12.2. The molecule has 2 nitrogen and oxygen atoms in total. The number of aryl methyl sites for hydroxylation is 2. The molecule has 20 heavy (non-hydrogen) atoms. The molecule has 1 aromatic heterocycles. The molecule has 0 N–H and O–H groups in total. The van der Waals surface area contributed by atoms with Gasteiger partial charge in [-0.15, -0.1) is 0 Å². The Kier molecular flexibility index (Phi) is 5.08. The summed E-state index contributed by atoms with van der Waals surface area (Å²) in [6.45, 7) is 3.95. The molecule has 0 saturated heterocycles. The van der Waals surface area contributed by atoms with E-state index in [9.17, 15) is 4.79 Å². The summed E-state index contributed by atoms with van der Waals surface area (Å²) in [4.78, 5) is 16.6. The minimum absolute atomic E-state index is 0.0524. The van der Waals surface area contributed by atoms with Crippen LogP contribution in [0.1, 0.15) is 21.6 Å². The highest BCUT2D eigenvalue weighted by atomic mass is 35.5. The van der Waals surface area contributed by atoms with Crippen molar-refractivity contribution in [3.63, 3.8) is 0 Å². The van der Waals surface area contributed by atoms with Gasteiger partial charge in [0, 0.05) is 16.3 Å². The first kappa shape index (κ1) is 15.4. The Bertz CT molecular complexity index is 638. The molecule has 0 spiro atoms. The molecule has 0 radical (unpaired) electrons. The molecule has 5 heteroatoms. The van der Waals surface area contributed by atoms with Crippen LogP contribution in [-0.4, -0.2) is 16.5 Å².